The van der Waals surface area contributed by atoms with Gasteiger partial charge in [-0.25, -0.2) is 97.9 Å². The van der Waals surface area contributed by atoms with Crippen LogP contribution < -0.4 is 0 Å². The van der Waals surface area contributed by atoms with Crippen LogP contribution in [0.2, 0.25) is 0 Å². The number of benzene rings is 2. The van der Waals surface area contributed by atoms with Crippen molar-refractivity contribution < 1.29 is 152 Å². The fraction of sp³-hybridized carbons (Fsp3) is 0.681. The third-order valence-electron chi connectivity index (χ3n) is 23.5. The number of furan rings is 2. The second-order valence-corrected chi connectivity index (χ2v) is 33.3. The summed E-state index contributed by atoms with van der Waals surface area (Å²) >= 11 is 0. The van der Waals surface area contributed by atoms with E-state index in [0.29, 0.717) is 208 Å². The topological polar surface area (TPSA) is 505 Å². The molecular weight excluding hydrogens is 1780 g/mol. The van der Waals surface area contributed by atoms with Crippen LogP contribution in [0.1, 0.15) is 126 Å². The zero-order valence-corrected chi connectivity index (χ0v) is 76.6. The van der Waals surface area contributed by atoms with Crippen molar-refractivity contribution in [3.8, 4) is 0 Å². The number of isocyanates is 10. The first-order valence-electron chi connectivity index (χ1n) is 45.9. The van der Waals surface area contributed by atoms with Gasteiger partial charge in [0, 0.05) is 26.1 Å². The van der Waals surface area contributed by atoms with Gasteiger partial charge in [-0.1, -0.05) is 74.5 Å². The second kappa shape index (κ2) is 62.0. The third-order valence-corrected chi connectivity index (χ3v) is 23.5. The van der Waals surface area contributed by atoms with Crippen molar-refractivity contribution >= 4 is 60.8 Å². The van der Waals surface area contributed by atoms with Gasteiger partial charge in [-0.3, -0.25) is 0 Å². The Morgan fingerprint density at radius 1 is 0.272 bits per heavy atom. The summed E-state index contributed by atoms with van der Waals surface area (Å²) in [5.41, 5.74) is 2.02. The molecule has 42 nitrogen and oxygen atoms in total. The van der Waals surface area contributed by atoms with E-state index in [9.17, 15) is 47.9 Å². The zero-order chi connectivity index (χ0) is 96.1. The molecule has 0 saturated carbocycles. The van der Waals surface area contributed by atoms with Crippen LogP contribution in [0.25, 0.3) is 0 Å². The highest BCUT2D eigenvalue weighted by Gasteiger charge is 2.55. The molecule has 12 heterocycles. The van der Waals surface area contributed by atoms with Crippen molar-refractivity contribution in [2.24, 2.45) is 61.8 Å². The quantitative estimate of drug-likeness (QED) is 0.0235. The van der Waals surface area contributed by atoms with Gasteiger partial charge < -0.3 is 104 Å². The normalized spacial score (nSPS) is 28.1. The molecule has 2 aromatic carbocycles. The van der Waals surface area contributed by atoms with Crippen molar-refractivity contribution in [1.82, 2.24) is 0 Å². The molecule has 10 aliphatic rings. The molecule has 0 aliphatic carbocycles. The lowest BCUT2D eigenvalue weighted by molar-refractivity contribution is -0.0954. The van der Waals surface area contributed by atoms with Crippen LogP contribution in [0.4, 0.5) is 0 Å². The summed E-state index contributed by atoms with van der Waals surface area (Å²) in [6.07, 6.45) is 17.9. The maximum atomic E-state index is 10.5. The largest absolute Gasteiger partial charge is 0.467 e. The molecule has 10 fully saturated rings. The molecule has 14 rings (SSSR count). The third kappa shape index (κ3) is 34.9. The second-order valence-electron chi connectivity index (χ2n) is 33.3. The number of fused-ring (bicyclic) bond motifs is 5. The van der Waals surface area contributed by atoms with E-state index in [1.807, 2.05) is 100 Å². The lowest BCUT2D eigenvalue weighted by atomic mass is 10.0. The van der Waals surface area contributed by atoms with E-state index >= 15 is 0 Å². The first kappa shape index (κ1) is 108. The highest BCUT2D eigenvalue weighted by atomic mass is 16.7. The van der Waals surface area contributed by atoms with Crippen LogP contribution in [0.15, 0.2) is 156 Å². The van der Waals surface area contributed by atoms with Gasteiger partial charge in [0.25, 0.3) is 0 Å². The van der Waals surface area contributed by atoms with E-state index in [2.05, 4.69) is 49.9 Å². The summed E-state index contributed by atoms with van der Waals surface area (Å²) in [6, 6.07) is 26.9. The van der Waals surface area contributed by atoms with Crippen molar-refractivity contribution in [2.75, 3.05) is 158 Å². The molecule has 0 amide bonds. The predicted octanol–water partition coefficient (Wildman–Crippen LogP) is 7.45. The van der Waals surface area contributed by atoms with Crippen LogP contribution in [0.3, 0.4) is 0 Å². The Hall–Kier alpha value is -10.00. The Morgan fingerprint density at radius 2 is 0.515 bits per heavy atom. The summed E-state index contributed by atoms with van der Waals surface area (Å²) in [6.45, 7) is 17.7. The summed E-state index contributed by atoms with van der Waals surface area (Å²) in [7, 11) is 0. The Labute approximate surface area is 786 Å². The van der Waals surface area contributed by atoms with E-state index in [1.54, 1.807) is 36.8 Å². The Kier molecular flexibility index (Phi) is 49.3. The summed E-state index contributed by atoms with van der Waals surface area (Å²) in [5.74, 6) is 1.57. The van der Waals surface area contributed by atoms with Gasteiger partial charge in [0.1, 0.15) is 146 Å². The minimum atomic E-state index is -0.393. The van der Waals surface area contributed by atoms with Gasteiger partial charge in [-0.2, -0.15) is 0 Å². The van der Waals surface area contributed by atoms with E-state index in [-0.39, 0.29) is 171 Å². The number of hydrogen-bond donors (Lipinski definition) is 0. The molecule has 4 aromatic rings. The highest BCUT2D eigenvalue weighted by molar-refractivity contribution is 5.36. The van der Waals surface area contributed by atoms with Gasteiger partial charge in [-0.05, 0) is 99.6 Å². The molecular formula is C94H120N10O32. The maximum absolute atomic E-state index is 10.5. The number of rotatable bonds is 54. The first-order chi connectivity index (χ1) is 66.8. The number of aliphatic imine (C=N–C) groups is 10. The average molecular weight is 1900 g/mol. The van der Waals surface area contributed by atoms with E-state index < -0.39 is 12.2 Å². The Bertz CT molecular complexity index is 4320. The maximum Gasteiger partial charge on any atom is 0.234 e. The van der Waals surface area contributed by atoms with Crippen LogP contribution >= 0.6 is 0 Å². The van der Waals surface area contributed by atoms with Gasteiger partial charge in [-0.15, -0.1) is 0 Å². The number of ether oxygens (including phenoxy) is 20. The smallest absolute Gasteiger partial charge is 0.234 e. The zero-order valence-electron chi connectivity index (χ0n) is 76.6. The van der Waals surface area contributed by atoms with Crippen LogP contribution in [-0.2, 0) is 143 Å². The molecule has 42 heteroatoms. The van der Waals surface area contributed by atoms with Crippen molar-refractivity contribution in [3.63, 3.8) is 0 Å². The Balaban J connectivity index is 0.000000178. The van der Waals surface area contributed by atoms with Crippen molar-refractivity contribution in [3.05, 3.63) is 120 Å². The van der Waals surface area contributed by atoms with Gasteiger partial charge in [0.15, 0.2) is 0 Å². The lowest BCUT2D eigenvalue weighted by Gasteiger charge is -2.25. The van der Waals surface area contributed by atoms with Crippen LogP contribution in [0.5, 0.6) is 0 Å². The van der Waals surface area contributed by atoms with E-state index in [0.717, 1.165) is 11.1 Å². The predicted molar refractivity (Wildman–Crippen MR) is 471 cm³/mol. The van der Waals surface area contributed by atoms with Crippen LogP contribution in [0, 0.1) is 11.8 Å². The number of carbonyl (C=O) groups excluding carboxylic acids is 10. The van der Waals surface area contributed by atoms with Crippen molar-refractivity contribution in [1.29, 1.82) is 0 Å². The molecule has 0 N–H and O–H groups in total. The molecule has 0 bridgehead atoms. The molecule has 10 aliphatic heterocycles. The van der Waals surface area contributed by atoms with E-state index in [1.165, 1.54) is 48.6 Å². The van der Waals surface area contributed by atoms with Crippen molar-refractivity contribution in [2.45, 2.75) is 238 Å². The minimum Gasteiger partial charge on any atom is -0.467 e. The molecule has 18 unspecified atom stereocenters. The van der Waals surface area contributed by atoms with Gasteiger partial charge in [0.2, 0.25) is 60.8 Å². The molecule has 0 spiro atoms. The molecule has 0 radical (unpaired) electrons. The molecule has 28 atom stereocenters. The monoisotopic (exact) mass is 1900 g/mol. The lowest BCUT2D eigenvalue weighted by Crippen LogP contribution is -2.36. The summed E-state index contributed by atoms with van der Waals surface area (Å²) in [5, 5.41) is 0. The molecule has 136 heavy (non-hydrogen) atoms. The minimum absolute atomic E-state index is 0.0434. The fourth-order valence-corrected chi connectivity index (χ4v) is 16.9. The average Bonchev–Trinajstić information content (AvgIpc) is 1.63. The molecule has 738 valence electrons. The Morgan fingerprint density at radius 3 is 0.794 bits per heavy atom. The highest BCUT2D eigenvalue weighted by Crippen LogP contribution is 2.41. The van der Waals surface area contributed by atoms with E-state index in [4.69, 9.17) is 104 Å². The number of nitrogens with zero attached hydrogens (tertiary/aromatic N) is 10. The molecule has 2 aromatic heterocycles. The van der Waals surface area contributed by atoms with Gasteiger partial charge >= 0.3 is 0 Å². The fourth-order valence-electron chi connectivity index (χ4n) is 16.9. The first-order valence-corrected chi connectivity index (χ1v) is 45.9. The van der Waals surface area contributed by atoms with Gasteiger partial charge in [0.05, 0.1) is 182 Å². The molecule has 10 saturated heterocycles. The summed E-state index contributed by atoms with van der Waals surface area (Å²) < 4.78 is 130. The van der Waals surface area contributed by atoms with Crippen LogP contribution in [-0.4, -0.2) is 353 Å². The number of hydrogen-bond acceptors (Lipinski definition) is 42. The summed E-state index contributed by atoms with van der Waals surface area (Å²) in [4.78, 5) is 138. The standard InChI is InChI=1S/C26H28N2O6.C22H24N2O8.2C16H24N2O6.C14H20N2O6/c29-17-27-13-11-21(19-7-3-1-4-8-19)33-23-15-31-26-24(16-32-25(23)26)34-22(12-14-28-18-30)20-9-5-2-6-10-20;25-13-23-7-5-17(15-3-1-9-27-15)31-19-11-29-22-20(12-30-21(19)22)32-18(6-8-24-14-26)16-4-2-10-28-16;1-11(3-17-9-19)5-21-13-7-23-16-14(8-24-15(13)16)22-6-12(2)4-18-10-20;1-11(3-5-17-9-19)23-13-7-21-16-14(8-22-15(13)16)24-12(2)4-6-18-10-20;17-9-15-3-1-5-19-11-7-21-14-12(8-22-13(11)14)20-6-2-4-16-10-18/h1-10,21-26H,11-16H2;1-4,9-10,17-22H,5-8,11-12H2;2*11-16H,3-8H2,1-2H3;11-14H,1-8H2/t21?,22?,23-,24-,25?,26?;17?,18?,19-,20-,21?,22?;2*11?,12?,13-,14-,15?,16?;11-,12-,13?,14?/m11111/s1. The SMILES string of the molecule is CC(CCN=C=O)O[C@@H]1COC2C1OC[C@H]2OC(C)CCN=C=O.CC(CN=C=O)CO[C@@H]1COC2C1OC[C@H]2OCC(C)CN=C=O.O=C=NCCC(O[C@@H]1COC2C1OC[C@H]2OC(CCN=C=O)c1ccccc1)c1ccccc1.O=C=NCCC(O[C@@H]1COC2C1OC[C@H]2OC(CCN=C=O)c1ccco1)c1ccco1.O=C=NCCCO[C@@H]1COC2C1OC[C@H]2OCCCN=C=O.